The quantitative estimate of drug-likeness (QED) is 0.104. The molecule has 0 aliphatic carbocycles. The van der Waals surface area contributed by atoms with Crippen LogP contribution in [0.2, 0.25) is 0 Å². The summed E-state index contributed by atoms with van der Waals surface area (Å²) in [5.74, 6) is 13.1. The highest BCUT2D eigenvalue weighted by atomic mass is 28.4. The third-order valence-electron chi connectivity index (χ3n) is 7.29. The molecule has 250 valence electrons. The first-order valence-corrected chi connectivity index (χ1v) is 20.2. The summed E-state index contributed by atoms with van der Waals surface area (Å²) in [6.07, 6.45) is 0. The van der Waals surface area contributed by atoms with Gasteiger partial charge < -0.3 is 26.6 Å². The van der Waals surface area contributed by atoms with E-state index in [-0.39, 0.29) is 0 Å². The van der Waals surface area contributed by atoms with Crippen molar-refractivity contribution in [3.63, 3.8) is 0 Å². The van der Waals surface area contributed by atoms with Crippen molar-refractivity contribution in [1.82, 2.24) is 0 Å². The van der Waals surface area contributed by atoms with Gasteiger partial charge in [-0.05, 0) is 101 Å². The molecular weight excluding hydrogens is 633 g/mol. The van der Waals surface area contributed by atoms with Gasteiger partial charge in [-0.2, -0.15) is 0 Å². The first-order chi connectivity index (χ1) is 23.4. The molecular formula is C40H46O6Si2. The molecule has 0 saturated carbocycles. The molecule has 0 spiro atoms. The van der Waals surface area contributed by atoms with Crippen LogP contribution in [-0.2, 0) is 26.6 Å². The van der Waals surface area contributed by atoms with Crippen molar-refractivity contribution in [2.24, 2.45) is 0 Å². The van der Waals surface area contributed by atoms with Gasteiger partial charge in [0, 0.05) is 72.3 Å². The lowest BCUT2D eigenvalue weighted by molar-refractivity contribution is 0.0851. The molecule has 0 unspecified atom stereocenters. The highest BCUT2D eigenvalue weighted by Crippen LogP contribution is 2.20. The van der Waals surface area contributed by atoms with E-state index in [0.29, 0.717) is 39.6 Å². The van der Waals surface area contributed by atoms with E-state index in [2.05, 4.69) is 47.9 Å². The average Bonchev–Trinajstić information content (AvgIpc) is 3.11. The maximum Gasteiger partial charge on any atom is 0.537 e. The van der Waals surface area contributed by atoms with Crippen LogP contribution in [0.25, 0.3) is 11.1 Å². The Morgan fingerprint density at radius 2 is 0.542 bits per heavy atom. The lowest BCUT2D eigenvalue weighted by Crippen LogP contribution is -2.56. The summed E-state index contributed by atoms with van der Waals surface area (Å²) in [6, 6.07) is 32.6. The zero-order valence-electron chi connectivity index (χ0n) is 28.9. The molecule has 0 saturated heterocycles. The van der Waals surface area contributed by atoms with E-state index in [1.807, 2.05) is 114 Å². The van der Waals surface area contributed by atoms with Gasteiger partial charge in [-0.25, -0.2) is 0 Å². The van der Waals surface area contributed by atoms with Crippen LogP contribution in [0.5, 0.6) is 0 Å². The largest absolute Gasteiger partial charge is 0.537 e. The summed E-state index contributed by atoms with van der Waals surface area (Å²) in [7, 11) is -5.85. The van der Waals surface area contributed by atoms with Crippen LogP contribution < -0.4 is 10.4 Å². The van der Waals surface area contributed by atoms with Crippen molar-refractivity contribution in [3.05, 3.63) is 119 Å². The number of hydrogen-bond acceptors (Lipinski definition) is 6. The minimum atomic E-state index is -2.93. The van der Waals surface area contributed by atoms with E-state index in [4.69, 9.17) is 26.6 Å². The third kappa shape index (κ3) is 9.64. The van der Waals surface area contributed by atoms with Crippen LogP contribution in [0.1, 0.15) is 63.8 Å². The van der Waals surface area contributed by atoms with Crippen LogP contribution >= 0.6 is 0 Å². The fourth-order valence-electron chi connectivity index (χ4n) is 5.19. The summed E-state index contributed by atoms with van der Waals surface area (Å²) < 4.78 is 36.1. The molecule has 0 heterocycles. The van der Waals surface area contributed by atoms with Gasteiger partial charge in [0.1, 0.15) is 0 Å². The zero-order chi connectivity index (χ0) is 34.2. The van der Waals surface area contributed by atoms with Crippen molar-refractivity contribution in [3.8, 4) is 34.8 Å². The van der Waals surface area contributed by atoms with Crippen molar-refractivity contribution >= 4 is 28.0 Å². The molecule has 0 atom stereocenters. The summed E-state index contributed by atoms with van der Waals surface area (Å²) in [4.78, 5) is 0. The Hall–Kier alpha value is -3.81. The fraction of sp³-hybridized carbons (Fsp3) is 0.300. The van der Waals surface area contributed by atoms with Crippen LogP contribution in [0.3, 0.4) is 0 Å². The molecule has 0 aliphatic heterocycles. The molecule has 0 radical (unpaired) electrons. The topological polar surface area (TPSA) is 55.4 Å². The highest BCUT2D eigenvalue weighted by molar-refractivity contribution is 6.75. The van der Waals surface area contributed by atoms with E-state index in [1.54, 1.807) is 0 Å². The van der Waals surface area contributed by atoms with Crippen molar-refractivity contribution in [2.75, 3.05) is 39.6 Å². The minimum Gasteiger partial charge on any atom is -0.370 e. The molecule has 8 heteroatoms. The zero-order valence-corrected chi connectivity index (χ0v) is 30.9. The van der Waals surface area contributed by atoms with Gasteiger partial charge in [0.15, 0.2) is 0 Å². The third-order valence-corrected chi connectivity index (χ3v) is 13.4. The highest BCUT2D eigenvalue weighted by Gasteiger charge is 2.44. The van der Waals surface area contributed by atoms with Gasteiger partial charge in [-0.3, -0.25) is 0 Å². The van der Waals surface area contributed by atoms with E-state index >= 15 is 0 Å². The standard InChI is InChI=1S/C40H46O6Si2/c1-7-41-47(42-8-2,43-9-3)39-29-21-35(22-30-39)15-13-33-17-25-37(26-18-33)38-27-19-34(20-28-38)14-16-36-23-31-40(32-24-36)48(44-10-4,45-11-5)46-12-6/h17-32H,7-12H2,1-6H3. The van der Waals surface area contributed by atoms with E-state index in [9.17, 15) is 0 Å². The maximum absolute atomic E-state index is 6.02. The van der Waals surface area contributed by atoms with Gasteiger partial charge >= 0.3 is 17.6 Å². The molecule has 6 nitrogen and oxygen atoms in total. The molecule has 0 aromatic heterocycles. The minimum absolute atomic E-state index is 0.528. The summed E-state index contributed by atoms with van der Waals surface area (Å²) in [6.45, 7) is 14.9. The van der Waals surface area contributed by atoms with Gasteiger partial charge in [0.25, 0.3) is 0 Å². The van der Waals surface area contributed by atoms with E-state index in [0.717, 1.165) is 43.8 Å². The van der Waals surface area contributed by atoms with Crippen LogP contribution in [0, 0.1) is 23.7 Å². The molecule has 4 aromatic carbocycles. The number of hydrogen-bond donors (Lipinski definition) is 0. The Bertz CT molecular complexity index is 1520. The van der Waals surface area contributed by atoms with Gasteiger partial charge in [-0.15, -0.1) is 0 Å². The predicted octanol–water partition coefficient (Wildman–Crippen LogP) is 6.66. The molecule has 0 fully saturated rings. The first kappa shape index (κ1) is 37.0. The lowest BCUT2D eigenvalue weighted by Gasteiger charge is -2.28. The maximum atomic E-state index is 6.02. The second kappa shape index (κ2) is 18.7. The van der Waals surface area contributed by atoms with Crippen molar-refractivity contribution < 1.29 is 26.6 Å². The first-order valence-electron chi connectivity index (χ1n) is 16.7. The molecule has 48 heavy (non-hydrogen) atoms. The molecule has 0 bridgehead atoms. The Morgan fingerprint density at radius 1 is 0.333 bits per heavy atom. The van der Waals surface area contributed by atoms with Gasteiger partial charge in [0.05, 0.1) is 0 Å². The fourth-order valence-corrected chi connectivity index (χ4v) is 10.1. The monoisotopic (exact) mass is 678 g/mol. The molecule has 4 aromatic rings. The Morgan fingerprint density at radius 3 is 0.750 bits per heavy atom. The predicted molar refractivity (Wildman–Crippen MR) is 197 cm³/mol. The number of benzene rings is 4. The summed E-state index contributed by atoms with van der Waals surface area (Å²) in [5.41, 5.74) is 5.96. The van der Waals surface area contributed by atoms with E-state index in [1.165, 1.54) is 0 Å². The molecule has 0 N–H and O–H groups in total. The smallest absolute Gasteiger partial charge is 0.370 e. The summed E-state index contributed by atoms with van der Waals surface area (Å²) >= 11 is 0. The van der Waals surface area contributed by atoms with Crippen LogP contribution in [0.15, 0.2) is 97.1 Å². The van der Waals surface area contributed by atoms with Crippen LogP contribution in [-0.4, -0.2) is 57.3 Å². The van der Waals surface area contributed by atoms with Crippen molar-refractivity contribution in [2.45, 2.75) is 41.5 Å². The molecule has 4 rings (SSSR count). The second-order valence-electron chi connectivity index (χ2n) is 10.5. The Balaban J connectivity index is 1.41. The van der Waals surface area contributed by atoms with Crippen molar-refractivity contribution in [1.29, 1.82) is 0 Å². The second-order valence-corrected chi connectivity index (χ2v) is 15.6. The number of rotatable bonds is 15. The Labute approximate surface area is 289 Å². The summed E-state index contributed by atoms with van der Waals surface area (Å²) in [5, 5.41) is 1.89. The lowest BCUT2D eigenvalue weighted by atomic mass is 10.0. The van der Waals surface area contributed by atoms with Gasteiger partial charge in [0.2, 0.25) is 0 Å². The normalized spacial score (nSPS) is 11.4. The Kier molecular flexibility index (Phi) is 14.4. The molecule has 0 aliphatic rings. The van der Waals surface area contributed by atoms with E-state index < -0.39 is 17.6 Å². The average molecular weight is 679 g/mol. The van der Waals surface area contributed by atoms with Gasteiger partial charge in [-0.1, -0.05) is 72.2 Å². The van der Waals surface area contributed by atoms with Crippen LogP contribution in [0.4, 0.5) is 0 Å². The SMILES string of the molecule is CCO[Si](OCC)(OCC)c1ccc(C#Cc2ccc(-c3ccc(C#Cc4ccc([Si](OCC)(OCC)OCC)cc4)cc3)cc2)cc1. The molecule has 0 amide bonds.